The Bertz CT molecular complexity index is 503. The molecular formula is C15H19NO4. The van der Waals surface area contributed by atoms with Crippen molar-refractivity contribution < 1.29 is 19.8 Å². The van der Waals surface area contributed by atoms with Crippen molar-refractivity contribution in [2.75, 3.05) is 6.54 Å². The minimum atomic E-state index is -1.95. The largest absolute Gasteiger partial charge is 0.479 e. The number of hydrogen-bond donors (Lipinski definition) is 3. The maximum absolute atomic E-state index is 11.5. The van der Waals surface area contributed by atoms with E-state index in [0.717, 1.165) is 18.1 Å². The standard InChI is InChI=1S/C15H19NO4/c1-11-6-8-12(9-7-11)4-3-5-13(17)16-10-15(2,20)14(18)19/h3-4,6-9,20H,5,10H2,1-2H3,(H,16,17)(H,18,19)/b4-3+. The highest BCUT2D eigenvalue weighted by molar-refractivity contribution is 5.81. The number of benzene rings is 1. The average Bonchev–Trinajstić information content (AvgIpc) is 2.39. The minimum absolute atomic E-state index is 0.129. The second-order valence-corrected chi connectivity index (χ2v) is 4.87. The maximum atomic E-state index is 11.5. The van der Waals surface area contributed by atoms with E-state index in [-0.39, 0.29) is 18.9 Å². The molecule has 0 saturated carbocycles. The quantitative estimate of drug-likeness (QED) is 0.732. The summed E-state index contributed by atoms with van der Waals surface area (Å²) in [7, 11) is 0. The number of carboxylic acids is 1. The molecule has 0 bridgehead atoms. The molecule has 1 aromatic rings. The van der Waals surface area contributed by atoms with E-state index in [1.807, 2.05) is 37.3 Å². The number of aliphatic hydroxyl groups is 1. The fraction of sp³-hybridized carbons (Fsp3) is 0.333. The van der Waals surface area contributed by atoms with Gasteiger partial charge in [-0.25, -0.2) is 4.79 Å². The molecule has 0 radical (unpaired) electrons. The summed E-state index contributed by atoms with van der Waals surface area (Å²) >= 11 is 0. The number of aliphatic carboxylic acids is 1. The highest BCUT2D eigenvalue weighted by atomic mass is 16.4. The van der Waals surface area contributed by atoms with Gasteiger partial charge in [0.05, 0.1) is 6.54 Å². The molecule has 1 amide bonds. The van der Waals surface area contributed by atoms with E-state index in [0.29, 0.717) is 0 Å². The first-order valence-corrected chi connectivity index (χ1v) is 6.27. The van der Waals surface area contributed by atoms with Gasteiger partial charge in [0.15, 0.2) is 5.60 Å². The summed E-state index contributed by atoms with van der Waals surface area (Å²) in [5, 5.41) is 20.5. The first-order valence-electron chi connectivity index (χ1n) is 6.27. The van der Waals surface area contributed by atoms with Gasteiger partial charge < -0.3 is 15.5 Å². The molecule has 0 heterocycles. The van der Waals surface area contributed by atoms with Gasteiger partial charge in [-0.3, -0.25) is 4.79 Å². The Morgan fingerprint density at radius 1 is 1.30 bits per heavy atom. The van der Waals surface area contributed by atoms with Gasteiger partial charge in [-0.2, -0.15) is 0 Å². The normalized spacial score (nSPS) is 13.9. The highest BCUT2D eigenvalue weighted by Crippen LogP contribution is 2.05. The van der Waals surface area contributed by atoms with Crippen LogP contribution in [0.2, 0.25) is 0 Å². The van der Waals surface area contributed by atoms with Gasteiger partial charge in [0.2, 0.25) is 5.91 Å². The van der Waals surface area contributed by atoms with E-state index in [1.165, 1.54) is 0 Å². The lowest BCUT2D eigenvalue weighted by Crippen LogP contribution is -2.46. The van der Waals surface area contributed by atoms with Crippen molar-refractivity contribution in [2.24, 2.45) is 0 Å². The van der Waals surface area contributed by atoms with Crippen molar-refractivity contribution in [3.8, 4) is 0 Å². The average molecular weight is 277 g/mol. The van der Waals surface area contributed by atoms with Crippen LogP contribution in [0, 0.1) is 6.92 Å². The van der Waals surface area contributed by atoms with Crippen molar-refractivity contribution in [1.82, 2.24) is 5.32 Å². The Balaban J connectivity index is 2.40. The summed E-state index contributed by atoms with van der Waals surface area (Å²) in [5.41, 5.74) is 0.202. The zero-order chi connectivity index (χ0) is 15.2. The summed E-state index contributed by atoms with van der Waals surface area (Å²) in [6.07, 6.45) is 3.63. The molecular weight excluding hydrogens is 258 g/mol. The minimum Gasteiger partial charge on any atom is -0.479 e. The predicted molar refractivity (Wildman–Crippen MR) is 76.1 cm³/mol. The summed E-state index contributed by atoms with van der Waals surface area (Å²) < 4.78 is 0. The molecule has 1 unspecified atom stereocenters. The van der Waals surface area contributed by atoms with Gasteiger partial charge >= 0.3 is 5.97 Å². The number of amides is 1. The molecule has 1 rings (SSSR count). The van der Waals surface area contributed by atoms with Crippen LogP contribution in [0.3, 0.4) is 0 Å². The van der Waals surface area contributed by atoms with Crippen molar-refractivity contribution in [2.45, 2.75) is 25.9 Å². The van der Waals surface area contributed by atoms with Gasteiger partial charge in [-0.05, 0) is 19.4 Å². The van der Waals surface area contributed by atoms with E-state index < -0.39 is 11.6 Å². The van der Waals surface area contributed by atoms with E-state index in [1.54, 1.807) is 6.08 Å². The number of hydrogen-bond acceptors (Lipinski definition) is 3. The molecule has 0 aliphatic heterocycles. The molecule has 20 heavy (non-hydrogen) atoms. The van der Waals surface area contributed by atoms with Crippen LogP contribution in [-0.2, 0) is 9.59 Å². The lowest BCUT2D eigenvalue weighted by atomic mass is 10.1. The van der Waals surface area contributed by atoms with Gasteiger partial charge in [-0.1, -0.05) is 42.0 Å². The molecule has 0 aliphatic carbocycles. The molecule has 5 heteroatoms. The van der Waals surface area contributed by atoms with E-state index in [9.17, 15) is 14.7 Å². The van der Waals surface area contributed by atoms with E-state index in [2.05, 4.69) is 5.32 Å². The lowest BCUT2D eigenvalue weighted by molar-refractivity contribution is -0.156. The van der Waals surface area contributed by atoms with Crippen LogP contribution < -0.4 is 5.32 Å². The smallest absolute Gasteiger partial charge is 0.337 e. The predicted octanol–water partition coefficient (Wildman–Crippen LogP) is 1.35. The Morgan fingerprint density at radius 2 is 1.90 bits per heavy atom. The molecule has 5 nitrogen and oxygen atoms in total. The van der Waals surface area contributed by atoms with Crippen molar-refractivity contribution >= 4 is 18.0 Å². The number of carbonyl (C=O) groups is 2. The van der Waals surface area contributed by atoms with Gasteiger partial charge in [-0.15, -0.1) is 0 Å². The highest BCUT2D eigenvalue weighted by Gasteiger charge is 2.29. The first-order chi connectivity index (χ1) is 9.31. The summed E-state index contributed by atoms with van der Waals surface area (Å²) in [6, 6.07) is 7.84. The van der Waals surface area contributed by atoms with Crippen LogP contribution >= 0.6 is 0 Å². The van der Waals surface area contributed by atoms with Crippen LogP contribution in [-0.4, -0.2) is 34.2 Å². The van der Waals surface area contributed by atoms with E-state index >= 15 is 0 Å². The zero-order valence-corrected chi connectivity index (χ0v) is 11.6. The fourth-order valence-corrected chi connectivity index (χ4v) is 1.40. The molecule has 3 N–H and O–H groups in total. The lowest BCUT2D eigenvalue weighted by Gasteiger charge is -2.17. The first kappa shape index (κ1) is 15.9. The third-order valence-electron chi connectivity index (χ3n) is 2.78. The topological polar surface area (TPSA) is 86.6 Å². The van der Waals surface area contributed by atoms with Crippen molar-refractivity contribution in [1.29, 1.82) is 0 Å². The van der Waals surface area contributed by atoms with E-state index in [4.69, 9.17) is 5.11 Å². The molecule has 0 aliphatic rings. The summed E-state index contributed by atoms with van der Waals surface area (Å²) in [5.74, 6) is -1.71. The van der Waals surface area contributed by atoms with Crippen LogP contribution in [0.25, 0.3) is 6.08 Å². The van der Waals surface area contributed by atoms with Gasteiger partial charge in [0.1, 0.15) is 0 Å². The van der Waals surface area contributed by atoms with Crippen LogP contribution in [0.1, 0.15) is 24.5 Å². The number of aryl methyl sites for hydroxylation is 1. The summed E-state index contributed by atoms with van der Waals surface area (Å²) in [6.45, 7) is 2.81. The maximum Gasteiger partial charge on any atom is 0.337 e. The molecule has 1 aromatic carbocycles. The van der Waals surface area contributed by atoms with Crippen LogP contribution in [0.15, 0.2) is 30.3 Å². The molecule has 1 atom stereocenters. The SMILES string of the molecule is Cc1ccc(/C=C/CC(=O)NCC(C)(O)C(=O)O)cc1. The number of carboxylic acid groups (broad SMARTS) is 1. The zero-order valence-electron chi connectivity index (χ0n) is 11.6. The Labute approximate surface area is 117 Å². The van der Waals surface area contributed by atoms with Gasteiger partial charge in [0.25, 0.3) is 0 Å². The molecule has 0 spiro atoms. The van der Waals surface area contributed by atoms with Crippen LogP contribution in [0.5, 0.6) is 0 Å². The third-order valence-corrected chi connectivity index (χ3v) is 2.78. The monoisotopic (exact) mass is 277 g/mol. The second-order valence-electron chi connectivity index (χ2n) is 4.87. The second kappa shape index (κ2) is 6.86. The molecule has 108 valence electrons. The Morgan fingerprint density at radius 3 is 2.45 bits per heavy atom. The Kier molecular flexibility index (Phi) is 5.46. The molecule has 0 aromatic heterocycles. The van der Waals surface area contributed by atoms with Crippen LogP contribution in [0.4, 0.5) is 0 Å². The number of carbonyl (C=O) groups excluding carboxylic acids is 1. The molecule has 0 saturated heterocycles. The third kappa shape index (κ3) is 5.24. The summed E-state index contributed by atoms with van der Waals surface area (Å²) in [4.78, 5) is 22.1. The number of nitrogens with one attached hydrogen (secondary N) is 1. The molecule has 0 fully saturated rings. The van der Waals surface area contributed by atoms with Crippen molar-refractivity contribution in [3.05, 3.63) is 41.5 Å². The van der Waals surface area contributed by atoms with Gasteiger partial charge in [0, 0.05) is 6.42 Å². The fourth-order valence-electron chi connectivity index (χ4n) is 1.40. The Hall–Kier alpha value is -2.14. The number of rotatable bonds is 6. The van der Waals surface area contributed by atoms with Crippen molar-refractivity contribution in [3.63, 3.8) is 0 Å².